The van der Waals surface area contributed by atoms with Crippen molar-refractivity contribution < 1.29 is 0 Å². The minimum atomic E-state index is 1.08. The van der Waals surface area contributed by atoms with E-state index in [0.717, 1.165) is 4.83 Å². The second-order valence-corrected chi connectivity index (χ2v) is 16.8. The van der Waals surface area contributed by atoms with Gasteiger partial charge in [-0.2, -0.15) is 0 Å². The molecular weight excluding hydrogens is 715 g/mol. The van der Waals surface area contributed by atoms with Crippen LogP contribution in [0.15, 0.2) is 188 Å². The standard InChI is InChI=1S/C53H31NS2/c1-2-12-39-38(11-1)40-13-3-4-14-42(40)45-19-9-18-37(52(45)44-17-6-5-15-41(39)44)36-28-34(32-22-24-50-47(30-32)43-16-7-8-21-49(43)55-50)27-35(29-36)33-23-25-51-48(31-33)46-20-10-26-54-53(46)56-51/h1-31H. The molecule has 0 radical (unpaired) electrons. The topological polar surface area (TPSA) is 12.9 Å². The predicted molar refractivity (Wildman–Crippen MR) is 242 cm³/mol. The summed E-state index contributed by atoms with van der Waals surface area (Å²) in [6.07, 6.45) is 1.89. The van der Waals surface area contributed by atoms with Crippen LogP contribution in [0, 0.1) is 0 Å². The fraction of sp³-hybridized carbons (Fsp3) is 0. The lowest BCUT2D eigenvalue weighted by molar-refractivity contribution is 1.45. The molecule has 0 fully saturated rings. The molecule has 3 heteroatoms. The van der Waals surface area contributed by atoms with Gasteiger partial charge in [0.1, 0.15) is 4.83 Å². The first-order valence-corrected chi connectivity index (χ1v) is 20.6. The van der Waals surface area contributed by atoms with Gasteiger partial charge in [-0.3, -0.25) is 0 Å². The highest BCUT2D eigenvalue weighted by Crippen LogP contribution is 2.51. The molecule has 0 bridgehead atoms. The van der Waals surface area contributed by atoms with Gasteiger partial charge in [0.05, 0.1) is 0 Å². The molecule has 0 aliphatic heterocycles. The maximum Gasteiger partial charge on any atom is 0.124 e. The van der Waals surface area contributed by atoms with Gasteiger partial charge < -0.3 is 0 Å². The molecule has 11 aromatic rings. The summed E-state index contributed by atoms with van der Waals surface area (Å²) in [4.78, 5) is 5.77. The van der Waals surface area contributed by atoms with Gasteiger partial charge in [-0.25, -0.2) is 4.98 Å². The van der Waals surface area contributed by atoms with Crippen molar-refractivity contribution in [2.45, 2.75) is 0 Å². The fourth-order valence-electron chi connectivity index (χ4n) is 8.96. The number of aromatic nitrogens is 1. The molecule has 56 heavy (non-hydrogen) atoms. The minimum absolute atomic E-state index is 1.08. The van der Waals surface area contributed by atoms with E-state index in [0.29, 0.717) is 0 Å². The number of thiophene rings is 2. The molecular formula is C53H31NS2. The summed E-state index contributed by atoms with van der Waals surface area (Å²) >= 11 is 3.63. The van der Waals surface area contributed by atoms with E-state index in [9.17, 15) is 0 Å². The van der Waals surface area contributed by atoms with Crippen LogP contribution in [0.25, 0.3) is 118 Å². The third-order valence-corrected chi connectivity index (χ3v) is 13.8. The van der Waals surface area contributed by atoms with Crippen molar-refractivity contribution in [3.05, 3.63) is 188 Å². The monoisotopic (exact) mass is 745 g/mol. The lowest BCUT2D eigenvalue weighted by Crippen LogP contribution is -1.99. The van der Waals surface area contributed by atoms with E-state index in [1.807, 2.05) is 23.6 Å². The van der Waals surface area contributed by atoms with Crippen LogP contribution in [0.3, 0.4) is 0 Å². The van der Waals surface area contributed by atoms with Gasteiger partial charge in [0.25, 0.3) is 0 Å². The van der Waals surface area contributed by atoms with Crippen molar-refractivity contribution in [1.29, 1.82) is 0 Å². The third-order valence-electron chi connectivity index (χ3n) is 11.5. The van der Waals surface area contributed by atoms with Gasteiger partial charge in [-0.15, -0.1) is 22.7 Å². The molecule has 0 saturated heterocycles. The van der Waals surface area contributed by atoms with Gasteiger partial charge in [0.15, 0.2) is 0 Å². The largest absolute Gasteiger partial charge is 0.245 e. The fourth-order valence-corrected chi connectivity index (χ4v) is 11.1. The Morgan fingerprint density at radius 1 is 0.286 bits per heavy atom. The quantitative estimate of drug-likeness (QED) is 0.175. The summed E-state index contributed by atoms with van der Waals surface area (Å²) in [5.74, 6) is 0. The molecule has 260 valence electrons. The molecule has 3 aromatic heterocycles. The van der Waals surface area contributed by atoms with E-state index < -0.39 is 0 Å². The molecule has 3 heterocycles. The van der Waals surface area contributed by atoms with Crippen molar-refractivity contribution in [2.75, 3.05) is 0 Å². The van der Waals surface area contributed by atoms with Gasteiger partial charge in [0, 0.05) is 41.8 Å². The number of benzene rings is 8. The number of fused-ring (bicyclic) bond motifs is 14. The molecule has 0 atom stereocenters. The Kier molecular flexibility index (Phi) is 7.04. The van der Waals surface area contributed by atoms with Crippen LogP contribution in [0.2, 0.25) is 0 Å². The average Bonchev–Trinajstić information content (AvgIpc) is 3.83. The lowest BCUT2D eigenvalue weighted by Gasteiger charge is -2.25. The van der Waals surface area contributed by atoms with E-state index in [2.05, 4.69) is 176 Å². The molecule has 8 aromatic carbocycles. The summed E-state index contributed by atoms with van der Waals surface area (Å²) in [6, 6.07) is 67.8. The van der Waals surface area contributed by atoms with E-state index in [-0.39, 0.29) is 0 Å². The Morgan fingerprint density at radius 3 is 1.46 bits per heavy atom. The van der Waals surface area contributed by atoms with E-state index in [1.54, 1.807) is 11.3 Å². The zero-order valence-corrected chi connectivity index (χ0v) is 31.8. The van der Waals surface area contributed by atoms with Crippen LogP contribution in [-0.4, -0.2) is 4.98 Å². The second-order valence-electron chi connectivity index (χ2n) is 14.6. The molecule has 0 unspecified atom stereocenters. The van der Waals surface area contributed by atoms with E-state index in [1.165, 1.54) is 114 Å². The molecule has 0 amide bonds. The summed E-state index contributed by atoms with van der Waals surface area (Å²) in [5.41, 5.74) is 17.3. The van der Waals surface area contributed by atoms with Crippen LogP contribution in [-0.2, 0) is 0 Å². The van der Waals surface area contributed by atoms with E-state index in [4.69, 9.17) is 4.98 Å². The first kappa shape index (κ1) is 31.7. The van der Waals surface area contributed by atoms with Crippen LogP contribution < -0.4 is 0 Å². The van der Waals surface area contributed by atoms with Gasteiger partial charge in [-0.05, 0) is 139 Å². The maximum atomic E-state index is 4.69. The Bertz CT molecular complexity index is 3240. The molecule has 1 aliphatic carbocycles. The van der Waals surface area contributed by atoms with Crippen LogP contribution in [0.4, 0.5) is 0 Å². The number of hydrogen-bond donors (Lipinski definition) is 0. The maximum absolute atomic E-state index is 4.69. The third kappa shape index (κ3) is 4.88. The first-order chi connectivity index (χ1) is 27.7. The second kappa shape index (κ2) is 12.4. The summed E-state index contributed by atoms with van der Waals surface area (Å²) < 4.78 is 3.90. The Morgan fingerprint density at radius 2 is 0.768 bits per heavy atom. The van der Waals surface area contributed by atoms with Gasteiger partial charge >= 0.3 is 0 Å². The van der Waals surface area contributed by atoms with E-state index >= 15 is 0 Å². The van der Waals surface area contributed by atoms with Crippen LogP contribution in [0.1, 0.15) is 0 Å². The first-order valence-electron chi connectivity index (χ1n) is 19.0. The smallest absolute Gasteiger partial charge is 0.124 e. The predicted octanol–water partition coefficient (Wildman–Crippen LogP) is 15.8. The number of nitrogens with zero attached hydrogens (tertiary/aromatic N) is 1. The van der Waals surface area contributed by atoms with Crippen molar-refractivity contribution >= 4 is 63.1 Å². The zero-order valence-electron chi connectivity index (χ0n) is 30.2. The molecule has 12 rings (SSSR count). The van der Waals surface area contributed by atoms with Crippen LogP contribution in [0.5, 0.6) is 0 Å². The molecule has 1 aliphatic rings. The highest BCUT2D eigenvalue weighted by Gasteiger charge is 2.24. The molecule has 0 N–H and O–H groups in total. The highest BCUT2D eigenvalue weighted by atomic mass is 32.1. The Hall–Kier alpha value is -6.65. The normalized spacial score (nSPS) is 11.9. The SMILES string of the molecule is c1ccc2c(c1)-c1ccccc1-c1cccc(-c3cc(-c4ccc5sc6ccccc6c5c4)cc(-c4ccc5sc6ncccc6c5c4)c3)c1-c1ccccc1-2. The van der Waals surface area contributed by atoms with Crippen molar-refractivity contribution in [3.8, 4) is 77.9 Å². The average molecular weight is 746 g/mol. The number of pyridine rings is 1. The number of hydrogen-bond acceptors (Lipinski definition) is 3. The van der Waals surface area contributed by atoms with Crippen LogP contribution >= 0.6 is 22.7 Å². The van der Waals surface area contributed by atoms with Crippen molar-refractivity contribution in [1.82, 2.24) is 4.98 Å². The molecule has 0 saturated carbocycles. The lowest BCUT2D eigenvalue weighted by atomic mass is 9.78. The molecule has 1 nitrogen and oxygen atoms in total. The van der Waals surface area contributed by atoms with Gasteiger partial charge in [-0.1, -0.05) is 121 Å². The van der Waals surface area contributed by atoms with Crippen molar-refractivity contribution in [2.24, 2.45) is 0 Å². The zero-order chi connectivity index (χ0) is 36.7. The highest BCUT2D eigenvalue weighted by molar-refractivity contribution is 7.26. The summed E-state index contributed by atoms with van der Waals surface area (Å²) in [6.45, 7) is 0. The Labute approximate surface area is 332 Å². The van der Waals surface area contributed by atoms with Crippen molar-refractivity contribution in [3.63, 3.8) is 0 Å². The Balaban J connectivity index is 1.15. The minimum Gasteiger partial charge on any atom is -0.245 e. The summed E-state index contributed by atoms with van der Waals surface area (Å²) in [7, 11) is 0. The molecule has 0 spiro atoms. The number of rotatable bonds is 3. The summed E-state index contributed by atoms with van der Waals surface area (Å²) in [5, 5.41) is 5.08. The van der Waals surface area contributed by atoms with Gasteiger partial charge in [0.2, 0.25) is 0 Å².